The zero-order valence-electron chi connectivity index (χ0n) is 36.2. The highest BCUT2D eigenvalue weighted by molar-refractivity contribution is 6.69. The third-order valence-electron chi connectivity index (χ3n) is 11.6. The highest BCUT2D eigenvalue weighted by Gasteiger charge is 2.56. The van der Waals surface area contributed by atoms with Crippen molar-refractivity contribution in [3.05, 3.63) is 48.0 Å². The Morgan fingerprint density at radius 3 is 2.18 bits per heavy atom. The first-order valence-electron chi connectivity index (χ1n) is 20.2. The molecule has 3 aliphatic rings. The van der Waals surface area contributed by atoms with Gasteiger partial charge in [0.05, 0.1) is 53.6 Å². The fourth-order valence-electron chi connectivity index (χ4n) is 9.08. The van der Waals surface area contributed by atoms with E-state index in [4.69, 9.17) is 32.8 Å². The summed E-state index contributed by atoms with van der Waals surface area (Å²) in [5.41, 5.74) is -1.06. The number of nitrogens with zero attached hydrogens (tertiary/aromatic N) is 1. The number of aliphatic hydroxyl groups is 1. The minimum Gasteiger partial charge on any atom is -0.457 e. The van der Waals surface area contributed by atoms with Crippen LogP contribution in [0.4, 0.5) is 0 Å². The van der Waals surface area contributed by atoms with Gasteiger partial charge in [0.1, 0.15) is 6.10 Å². The van der Waals surface area contributed by atoms with Gasteiger partial charge in [-0.15, -0.1) is 0 Å². The molecule has 3 fully saturated rings. The maximum absolute atomic E-state index is 14.3. The molecule has 0 aliphatic carbocycles. The lowest BCUT2D eigenvalue weighted by Gasteiger charge is -2.55. The quantitative estimate of drug-likeness (QED) is 0.162. The van der Waals surface area contributed by atoms with Crippen LogP contribution < -0.4 is 0 Å². The minimum absolute atomic E-state index is 0.214. The zero-order chi connectivity index (χ0) is 41.4. The summed E-state index contributed by atoms with van der Waals surface area (Å²) in [5.74, 6) is -3.44. The molecule has 12 heteroatoms. The molecule has 0 amide bonds. The molecule has 1 unspecified atom stereocenters. The second-order valence-corrected chi connectivity index (χ2v) is 23.4. The van der Waals surface area contributed by atoms with Gasteiger partial charge in [-0.3, -0.25) is 4.79 Å². The molecule has 0 saturated carbocycles. The summed E-state index contributed by atoms with van der Waals surface area (Å²) in [6.45, 7) is 30.2. The zero-order valence-corrected chi connectivity index (χ0v) is 37.2. The molecule has 1 aromatic carbocycles. The number of carbonyl (C=O) groups excluding carboxylic acids is 2. The molecule has 1 aromatic rings. The number of fused-ring (bicyclic) bond motifs is 2. The van der Waals surface area contributed by atoms with Gasteiger partial charge in [-0.1, -0.05) is 59.4 Å². The molecule has 55 heavy (non-hydrogen) atoms. The highest BCUT2D eigenvalue weighted by Crippen LogP contribution is 2.49. The Kier molecular flexibility index (Phi) is 14.4. The Balaban J connectivity index is 1.87. The summed E-state index contributed by atoms with van der Waals surface area (Å²) in [6.07, 6.45) is -3.98. The van der Waals surface area contributed by atoms with E-state index in [9.17, 15) is 14.7 Å². The summed E-state index contributed by atoms with van der Waals surface area (Å²) in [6, 6.07) is 8.60. The number of benzene rings is 1. The molecule has 1 N–H and O–H groups in total. The van der Waals surface area contributed by atoms with Gasteiger partial charge in [0, 0.05) is 11.3 Å². The molecule has 312 valence electrons. The molecule has 3 aliphatic heterocycles. The third-order valence-corrected chi connectivity index (χ3v) is 12.6. The van der Waals surface area contributed by atoms with Crippen molar-refractivity contribution in [2.75, 3.05) is 14.1 Å². The van der Waals surface area contributed by atoms with Crippen LogP contribution in [0.2, 0.25) is 19.6 Å². The first kappa shape index (κ1) is 45.5. The summed E-state index contributed by atoms with van der Waals surface area (Å²) in [7, 11) is 1.57. The van der Waals surface area contributed by atoms with Crippen LogP contribution in [0.3, 0.4) is 0 Å². The predicted molar refractivity (Wildman–Crippen MR) is 215 cm³/mol. The monoisotopic (exact) mass is 789 g/mol. The standard InChI is InChI=1S/C43H71NO10Si/c1-17-32-27(4)36-41(7,8)35(52-42(9,10)53-36)25(2)24-43(11,47)37(28(5)33(54-55(14,15)16)29(6)38(45)49-32)51-40-34(31(44(12)13)23-26(3)48-40)50-39(46)30-21-19-18-20-22-30/h18-22,25-26,28-29,31-37,40,47H,4,17,23-24H2,1-3,5-16H3/t25-,26-,28+,29-,31+,32-,33+,34-,35+,36+,37-,40?,43+/m1/s1. The van der Waals surface area contributed by atoms with Gasteiger partial charge < -0.3 is 42.9 Å². The van der Waals surface area contributed by atoms with Gasteiger partial charge in [0.15, 0.2) is 26.5 Å². The predicted octanol–water partition coefficient (Wildman–Crippen LogP) is 7.37. The molecule has 4 rings (SSSR count). The van der Waals surface area contributed by atoms with Crippen molar-refractivity contribution in [3.8, 4) is 0 Å². The first-order valence-corrected chi connectivity index (χ1v) is 23.6. The van der Waals surface area contributed by atoms with E-state index < -0.39 is 91.8 Å². The topological polar surface area (TPSA) is 122 Å². The number of hydrogen-bond acceptors (Lipinski definition) is 11. The Hall–Kier alpha value is -2.16. The second kappa shape index (κ2) is 17.4. The van der Waals surface area contributed by atoms with E-state index >= 15 is 0 Å². The van der Waals surface area contributed by atoms with Crippen molar-refractivity contribution in [1.82, 2.24) is 4.90 Å². The van der Waals surface area contributed by atoms with Crippen LogP contribution in [-0.4, -0.2) is 111 Å². The smallest absolute Gasteiger partial charge is 0.338 e. The van der Waals surface area contributed by atoms with E-state index in [1.54, 1.807) is 31.2 Å². The van der Waals surface area contributed by atoms with Gasteiger partial charge in [0.25, 0.3) is 0 Å². The summed E-state index contributed by atoms with van der Waals surface area (Å²) in [5, 5.41) is 12.9. The number of hydrogen-bond donors (Lipinski definition) is 1. The van der Waals surface area contributed by atoms with Gasteiger partial charge in [-0.2, -0.15) is 0 Å². The fraction of sp³-hybridized carbons (Fsp3) is 0.767. The molecule has 2 bridgehead atoms. The Morgan fingerprint density at radius 2 is 1.62 bits per heavy atom. The number of carbonyl (C=O) groups is 2. The SMILES string of the molecule is C=C1[C@@H](CC)OC(=O)[C@H](C)[C@@H](O[Si](C)(C)C)[C@H](C)[C@@H](OC2O[C@H](C)C[C@H](N(C)C)[C@H]2OC(=O)c2ccccc2)[C@@](C)(O)C[C@@H](C)[C@@H]2OC(C)(C)O[C@@H]1C2(C)C. The van der Waals surface area contributed by atoms with Crippen LogP contribution in [0.25, 0.3) is 0 Å². The van der Waals surface area contributed by atoms with E-state index in [1.807, 2.05) is 66.6 Å². The lowest BCUT2D eigenvalue weighted by atomic mass is 9.68. The number of ether oxygens (including phenoxy) is 6. The lowest BCUT2D eigenvalue weighted by molar-refractivity contribution is -0.347. The number of rotatable bonds is 8. The van der Waals surface area contributed by atoms with E-state index in [1.165, 1.54) is 0 Å². The molecule has 3 heterocycles. The molecular formula is C43H71NO10Si. The van der Waals surface area contributed by atoms with E-state index in [0.717, 1.165) is 0 Å². The van der Waals surface area contributed by atoms with Crippen molar-refractivity contribution < 1.29 is 47.5 Å². The van der Waals surface area contributed by atoms with E-state index in [2.05, 4.69) is 47.0 Å². The Bertz CT molecular complexity index is 1480. The number of likely N-dealkylation sites (N-methyl/N-ethyl adjacent to an activating group) is 1. The van der Waals surface area contributed by atoms with Crippen LogP contribution in [0.1, 0.15) is 98.9 Å². The minimum atomic E-state index is -2.32. The van der Waals surface area contributed by atoms with Crippen LogP contribution >= 0.6 is 0 Å². The van der Waals surface area contributed by atoms with Crippen LogP contribution in [0, 0.1) is 23.2 Å². The molecular weight excluding hydrogens is 719 g/mol. The van der Waals surface area contributed by atoms with Crippen LogP contribution in [0.5, 0.6) is 0 Å². The summed E-state index contributed by atoms with van der Waals surface area (Å²) < 4.78 is 46.4. The van der Waals surface area contributed by atoms with Gasteiger partial charge in [-0.25, -0.2) is 4.79 Å². The molecule has 11 nitrogen and oxygen atoms in total. The molecule has 3 saturated heterocycles. The average molecular weight is 790 g/mol. The lowest BCUT2D eigenvalue weighted by Crippen LogP contribution is -2.62. The van der Waals surface area contributed by atoms with Crippen molar-refractivity contribution in [3.63, 3.8) is 0 Å². The van der Waals surface area contributed by atoms with Gasteiger partial charge in [-0.05, 0) is 111 Å². The average Bonchev–Trinajstić information content (AvgIpc) is 3.08. The summed E-state index contributed by atoms with van der Waals surface area (Å²) in [4.78, 5) is 29.9. The molecule has 0 aromatic heterocycles. The summed E-state index contributed by atoms with van der Waals surface area (Å²) >= 11 is 0. The highest BCUT2D eigenvalue weighted by atomic mass is 28.4. The largest absolute Gasteiger partial charge is 0.457 e. The molecule has 13 atom stereocenters. The maximum atomic E-state index is 14.3. The van der Waals surface area contributed by atoms with Gasteiger partial charge >= 0.3 is 11.9 Å². The van der Waals surface area contributed by atoms with Crippen molar-refractivity contribution in [2.45, 2.75) is 175 Å². The number of esters is 2. The first-order chi connectivity index (χ1) is 25.3. The Labute approximate surface area is 331 Å². The van der Waals surface area contributed by atoms with Crippen molar-refractivity contribution >= 4 is 20.3 Å². The van der Waals surface area contributed by atoms with Crippen LogP contribution in [0.15, 0.2) is 42.5 Å². The van der Waals surface area contributed by atoms with E-state index in [-0.39, 0.29) is 24.5 Å². The van der Waals surface area contributed by atoms with E-state index in [0.29, 0.717) is 24.0 Å². The van der Waals surface area contributed by atoms with Crippen LogP contribution in [-0.2, 0) is 37.6 Å². The van der Waals surface area contributed by atoms with Crippen molar-refractivity contribution in [1.29, 1.82) is 0 Å². The normalized spacial score (nSPS) is 38.9. The fourth-order valence-corrected chi connectivity index (χ4v) is 10.3. The Morgan fingerprint density at radius 1 is 1.00 bits per heavy atom. The number of cyclic esters (lactones) is 1. The molecule has 0 spiro atoms. The second-order valence-electron chi connectivity index (χ2n) is 18.9. The maximum Gasteiger partial charge on any atom is 0.338 e. The third kappa shape index (κ3) is 10.7. The molecule has 0 radical (unpaired) electrons. The van der Waals surface area contributed by atoms with Gasteiger partial charge in [0.2, 0.25) is 0 Å². The van der Waals surface area contributed by atoms with Crippen molar-refractivity contribution in [2.24, 2.45) is 23.2 Å².